The summed E-state index contributed by atoms with van der Waals surface area (Å²) in [7, 11) is 0. The largest absolute Gasteiger partial charge is 2.00 e. The van der Waals surface area contributed by atoms with Gasteiger partial charge in [-0.3, -0.25) is 0 Å². The van der Waals surface area contributed by atoms with E-state index in [9.17, 15) is 8.78 Å². The van der Waals surface area contributed by atoms with Gasteiger partial charge in [0.05, 0.1) is 5.69 Å². The number of hydrogen-bond acceptors (Lipinski definition) is 0. The Morgan fingerprint density at radius 2 is 1.21 bits per heavy atom. The van der Waals surface area contributed by atoms with Gasteiger partial charge in [0.15, 0.2) is 0 Å². The van der Waals surface area contributed by atoms with Crippen LogP contribution in [0.3, 0.4) is 0 Å². The SMILES string of the molecule is Fc1ccc(-n2cccc2)c(F)c1.[Ti+2].c1cc[cH-]c1.c1cc[cH-]c1. The van der Waals surface area contributed by atoms with Gasteiger partial charge in [-0.2, -0.15) is 36.4 Å². The molecule has 0 fully saturated rings. The van der Waals surface area contributed by atoms with E-state index in [4.69, 9.17) is 0 Å². The predicted octanol–water partition coefficient (Wildman–Crippen LogP) is 5.56. The summed E-state index contributed by atoms with van der Waals surface area (Å²) >= 11 is 0. The van der Waals surface area contributed by atoms with Gasteiger partial charge in [-0.25, -0.2) is 33.0 Å². The number of hydrogen-bond donors (Lipinski definition) is 0. The van der Waals surface area contributed by atoms with Crippen LogP contribution in [0.25, 0.3) is 5.69 Å². The normalized spacial score (nSPS) is 8.92. The van der Waals surface area contributed by atoms with Crippen LogP contribution >= 0.6 is 0 Å². The van der Waals surface area contributed by atoms with Crippen LogP contribution in [0.2, 0.25) is 0 Å². The van der Waals surface area contributed by atoms with Crippen molar-refractivity contribution >= 4 is 0 Å². The zero-order chi connectivity index (χ0) is 16.3. The van der Waals surface area contributed by atoms with Crippen LogP contribution in [0, 0.1) is 11.6 Å². The maximum Gasteiger partial charge on any atom is 2.00 e. The van der Waals surface area contributed by atoms with Crippen LogP contribution in [0.15, 0.2) is 103 Å². The summed E-state index contributed by atoms with van der Waals surface area (Å²) < 4.78 is 27.3. The van der Waals surface area contributed by atoms with E-state index in [1.807, 2.05) is 60.7 Å². The summed E-state index contributed by atoms with van der Waals surface area (Å²) in [6, 6.07) is 27.1. The summed E-state index contributed by atoms with van der Waals surface area (Å²) in [6.07, 6.45) is 3.41. The fourth-order valence-corrected chi connectivity index (χ4v) is 1.83. The van der Waals surface area contributed by atoms with Gasteiger partial charge in [0, 0.05) is 18.5 Å². The minimum Gasteiger partial charge on any atom is -0.321 e. The Bertz CT molecular complexity index is 684. The molecule has 0 aliphatic heterocycles. The average Bonchev–Trinajstić information content (AvgIpc) is 3.31. The molecular weight excluding hydrogens is 340 g/mol. The van der Waals surface area contributed by atoms with Crippen molar-refractivity contribution in [3.63, 3.8) is 0 Å². The van der Waals surface area contributed by atoms with Crippen LogP contribution in [-0.2, 0) is 21.7 Å². The molecule has 0 radical (unpaired) electrons. The van der Waals surface area contributed by atoms with Gasteiger partial charge in [0.2, 0.25) is 0 Å². The molecule has 4 heteroatoms. The van der Waals surface area contributed by atoms with E-state index in [0.29, 0.717) is 5.69 Å². The second-order valence-corrected chi connectivity index (χ2v) is 4.61. The quantitative estimate of drug-likeness (QED) is 0.310. The second-order valence-electron chi connectivity index (χ2n) is 4.61. The molecule has 24 heavy (non-hydrogen) atoms. The molecule has 0 saturated carbocycles. The number of rotatable bonds is 1. The van der Waals surface area contributed by atoms with Crippen LogP contribution in [0.1, 0.15) is 0 Å². The summed E-state index contributed by atoms with van der Waals surface area (Å²) in [5.74, 6) is -1.12. The maximum atomic E-state index is 13.2. The monoisotopic (exact) mass is 357 g/mol. The molecule has 4 rings (SSSR count). The van der Waals surface area contributed by atoms with Crippen molar-refractivity contribution in [3.8, 4) is 5.69 Å². The first-order valence-electron chi connectivity index (χ1n) is 7.19. The van der Waals surface area contributed by atoms with E-state index in [-0.39, 0.29) is 21.7 Å². The van der Waals surface area contributed by atoms with Crippen molar-refractivity contribution < 1.29 is 30.5 Å². The topological polar surface area (TPSA) is 4.93 Å². The fourth-order valence-electron chi connectivity index (χ4n) is 1.83. The van der Waals surface area contributed by atoms with Gasteiger partial charge in [0.25, 0.3) is 0 Å². The number of aromatic nitrogens is 1. The Morgan fingerprint density at radius 3 is 1.58 bits per heavy atom. The van der Waals surface area contributed by atoms with Gasteiger partial charge >= 0.3 is 21.7 Å². The van der Waals surface area contributed by atoms with Gasteiger partial charge < -0.3 is 4.57 Å². The smallest absolute Gasteiger partial charge is 0.321 e. The molecule has 1 nitrogen and oxygen atoms in total. The Kier molecular flexibility index (Phi) is 9.36. The van der Waals surface area contributed by atoms with E-state index in [1.165, 1.54) is 12.1 Å². The molecule has 0 amide bonds. The van der Waals surface area contributed by atoms with Gasteiger partial charge in [0.1, 0.15) is 11.6 Å². The average molecular weight is 357 g/mol. The maximum absolute atomic E-state index is 13.2. The van der Waals surface area contributed by atoms with E-state index < -0.39 is 11.6 Å². The third-order valence-electron chi connectivity index (χ3n) is 2.90. The van der Waals surface area contributed by atoms with E-state index in [2.05, 4.69) is 0 Å². The molecule has 0 bridgehead atoms. The van der Waals surface area contributed by atoms with Crippen molar-refractivity contribution in [2.75, 3.05) is 0 Å². The molecule has 0 unspecified atom stereocenters. The van der Waals surface area contributed by atoms with E-state index >= 15 is 0 Å². The third kappa shape index (κ3) is 6.90. The molecule has 0 atom stereocenters. The molecule has 0 spiro atoms. The molecule has 0 aliphatic carbocycles. The van der Waals surface area contributed by atoms with Crippen LogP contribution in [0.4, 0.5) is 8.78 Å². The summed E-state index contributed by atoms with van der Waals surface area (Å²) in [5, 5.41) is 0. The van der Waals surface area contributed by atoms with Crippen molar-refractivity contribution in [2.24, 2.45) is 0 Å². The summed E-state index contributed by atoms with van der Waals surface area (Å²) in [6.45, 7) is 0. The standard InChI is InChI=1S/C10H7F2N.2C5H5.Ti/c11-8-3-4-10(9(12)7-8)13-5-1-2-6-13;2*1-2-4-5-3-1;/h1-7H;2*1-5H;/q;2*-1;+2. The van der Waals surface area contributed by atoms with Gasteiger partial charge in [-0.15, -0.1) is 0 Å². The Labute approximate surface area is 155 Å². The van der Waals surface area contributed by atoms with Gasteiger partial charge in [-0.1, -0.05) is 0 Å². The minimum absolute atomic E-state index is 0. The minimum atomic E-state index is -0.562. The Hall–Kier alpha value is -2.23. The number of halogens is 2. The Morgan fingerprint density at radius 1 is 0.708 bits per heavy atom. The van der Waals surface area contributed by atoms with Crippen LogP contribution in [-0.4, -0.2) is 4.57 Å². The van der Waals surface area contributed by atoms with Crippen LogP contribution in [0.5, 0.6) is 0 Å². The summed E-state index contributed by atoms with van der Waals surface area (Å²) in [5.41, 5.74) is 0.353. The zero-order valence-electron chi connectivity index (χ0n) is 13.0. The molecule has 0 N–H and O–H groups in total. The van der Waals surface area contributed by atoms with Crippen molar-refractivity contribution in [1.82, 2.24) is 4.57 Å². The zero-order valence-corrected chi connectivity index (χ0v) is 14.6. The first-order chi connectivity index (χ1) is 11.3. The molecule has 3 aromatic carbocycles. The van der Waals surface area contributed by atoms with Crippen LogP contribution < -0.4 is 0 Å². The number of nitrogens with zero attached hydrogens (tertiary/aromatic N) is 1. The molecule has 120 valence electrons. The molecular formula is C20H17F2NTi. The first-order valence-corrected chi connectivity index (χ1v) is 7.19. The van der Waals surface area contributed by atoms with Crippen molar-refractivity contribution in [2.45, 2.75) is 0 Å². The van der Waals surface area contributed by atoms with E-state index in [0.717, 1.165) is 6.07 Å². The molecule has 0 aliphatic rings. The van der Waals surface area contributed by atoms with Gasteiger partial charge in [-0.05, 0) is 24.3 Å². The Balaban J connectivity index is 0.000000216. The fraction of sp³-hybridized carbons (Fsp3) is 0. The summed E-state index contributed by atoms with van der Waals surface area (Å²) in [4.78, 5) is 0. The second kappa shape index (κ2) is 11.3. The molecule has 1 heterocycles. The molecule has 0 saturated heterocycles. The number of benzene rings is 1. The van der Waals surface area contributed by atoms with Crippen molar-refractivity contribution in [1.29, 1.82) is 0 Å². The molecule has 4 aromatic rings. The third-order valence-corrected chi connectivity index (χ3v) is 2.90. The molecule has 1 aromatic heterocycles. The predicted molar refractivity (Wildman–Crippen MR) is 89.8 cm³/mol. The van der Waals surface area contributed by atoms with E-state index in [1.54, 1.807) is 29.1 Å². The first kappa shape index (κ1) is 19.8. The van der Waals surface area contributed by atoms with Crippen molar-refractivity contribution in [3.05, 3.63) is 115 Å².